The van der Waals surface area contributed by atoms with E-state index in [2.05, 4.69) is 41.5 Å². The molecule has 22 heavy (non-hydrogen) atoms. The van der Waals surface area contributed by atoms with Crippen LogP contribution in [-0.2, 0) is 14.2 Å². The Balaban J connectivity index is 2.08. The summed E-state index contributed by atoms with van der Waals surface area (Å²) in [6, 6.07) is 0. The highest BCUT2D eigenvalue weighted by Gasteiger charge is 2.33. The Bertz CT molecular complexity index is 283. The second kappa shape index (κ2) is 9.89. The lowest BCUT2D eigenvalue weighted by atomic mass is 9.72. The molecule has 0 aromatic heterocycles. The molecule has 1 aliphatic rings. The molecule has 0 aliphatic heterocycles. The van der Waals surface area contributed by atoms with Crippen LogP contribution in [0.15, 0.2) is 0 Å². The first kappa shape index (κ1) is 19.9. The molecule has 1 aliphatic carbocycles. The predicted octanol–water partition coefficient (Wildman–Crippen LogP) is 4.69. The maximum Gasteiger partial charge on any atom is 0.0704 e. The van der Waals surface area contributed by atoms with Crippen molar-refractivity contribution >= 4 is 0 Å². The average molecular weight is 315 g/mol. The van der Waals surface area contributed by atoms with E-state index in [1.165, 1.54) is 19.3 Å². The zero-order chi connectivity index (χ0) is 16.6. The van der Waals surface area contributed by atoms with Gasteiger partial charge in [-0.25, -0.2) is 0 Å². The fourth-order valence-electron chi connectivity index (χ4n) is 3.57. The van der Waals surface area contributed by atoms with Crippen LogP contribution >= 0.6 is 0 Å². The Morgan fingerprint density at radius 2 is 1.73 bits per heavy atom. The van der Waals surface area contributed by atoms with Gasteiger partial charge in [0.1, 0.15) is 0 Å². The molecule has 0 N–H and O–H groups in total. The average Bonchev–Trinajstić information content (AvgIpc) is 2.40. The zero-order valence-corrected chi connectivity index (χ0v) is 15.7. The molecular formula is C19H38O3. The molecule has 0 radical (unpaired) electrons. The number of hydrogen-bond acceptors (Lipinski definition) is 3. The van der Waals surface area contributed by atoms with Crippen molar-refractivity contribution in [1.82, 2.24) is 0 Å². The monoisotopic (exact) mass is 314 g/mol. The molecule has 0 saturated heterocycles. The quantitative estimate of drug-likeness (QED) is 0.578. The number of hydrogen-bond donors (Lipinski definition) is 0. The highest BCUT2D eigenvalue weighted by Crippen LogP contribution is 2.36. The molecular weight excluding hydrogens is 276 g/mol. The van der Waals surface area contributed by atoms with E-state index in [0.29, 0.717) is 24.5 Å². The fourth-order valence-corrected chi connectivity index (χ4v) is 3.57. The van der Waals surface area contributed by atoms with Crippen LogP contribution < -0.4 is 0 Å². The molecule has 1 saturated carbocycles. The summed E-state index contributed by atoms with van der Waals surface area (Å²) in [6.07, 6.45) is 5.25. The van der Waals surface area contributed by atoms with Gasteiger partial charge in [0.2, 0.25) is 0 Å². The first-order valence-corrected chi connectivity index (χ1v) is 9.14. The Morgan fingerprint density at radius 3 is 2.36 bits per heavy atom. The molecule has 0 bridgehead atoms. The van der Waals surface area contributed by atoms with Crippen LogP contribution in [-0.4, -0.2) is 38.1 Å². The summed E-state index contributed by atoms with van der Waals surface area (Å²) < 4.78 is 17.5. The molecule has 1 fully saturated rings. The Hall–Kier alpha value is -0.120. The Morgan fingerprint density at radius 1 is 1.00 bits per heavy atom. The minimum absolute atomic E-state index is 0.0490. The van der Waals surface area contributed by atoms with Crippen molar-refractivity contribution < 1.29 is 14.2 Å². The van der Waals surface area contributed by atoms with Crippen molar-refractivity contribution in [2.45, 2.75) is 78.9 Å². The van der Waals surface area contributed by atoms with Crippen molar-refractivity contribution in [1.29, 1.82) is 0 Å². The van der Waals surface area contributed by atoms with Crippen LogP contribution in [0.1, 0.15) is 67.2 Å². The second-order valence-corrected chi connectivity index (χ2v) is 8.07. The zero-order valence-electron chi connectivity index (χ0n) is 15.7. The lowest BCUT2D eigenvalue weighted by Crippen LogP contribution is -2.37. The molecule has 1 rings (SSSR count). The SMILES string of the molecule is CC(C)C1C(C)CCCC1OCCOCCCOC(C)(C)C. The highest BCUT2D eigenvalue weighted by molar-refractivity contribution is 4.82. The van der Waals surface area contributed by atoms with Gasteiger partial charge in [0.15, 0.2) is 0 Å². The van der Waals surface area contributed by atoms with Gasteiger partial charge in [-0.1, -0.05) is 33.6 Å². The Labute approximate surface area is 138 Å². The third kappa shape index (κ3) is 7.94. The minimum Gasteiger partial charge on any atom is -0.379 e. The van der Waals surface area contributed by atoms with Crippen molar-refractivity contribution in [3.8, 4) is 0 Å². The molecule has 0 amide bonds. The summed E-state index contributed by atoms with van der Waals surface area (Å²) in [6.45, 7) is 16.2. The van der Waals surface area contributed by atoms with E-state index in [4.69, 9.17) is 14.2 Å². The summed E-state index contributed by atoms with van der Waals surface area (Å²) in [5, 5.41) is 0. The summed E-state index contributed by atoms with van der Waals surface area (Å²) in [4.78, 5) is 0. The third-order valence-electron chi connectivity index (χ3n) is 4.53. The summed E-state index contributed by atoms with van der Waals surface area (Å²) in [7, 11) is 0. The van der Waals surface area contributed by atoms with E-state index in [9.17, 15) is 0 Å². The van der Waals surface area contributed by atoms with Crippen molar-refractivity contribution in [3.63, 3.8) is 0 Å². The molecule has 3 unspecified atom stereocenters. The molecule has 132 valence electrons. The van der Waals surface area contributed by atoms with Gasteiger partial charge in [-0.2, -0.15) is 0 Å². The third-order valence-corrected chi connectivity index (χ3v) is 4.53. The first-order chi connectivity index (χ1) is 10.3. The topological polar surface area (TPSA) is 27.7 Å². The van der Waals surface area contributed by atoms with E-state index < -0.39 is 0 Å². The molecule has 0 aromatic rings. The standard InChI is InChI=1S/C19H38O3/c1-15(2)18-16(3)9-7-10-17(18)21-14-13-20-11-8-12-22-19(4,5)6/h15-18H,7-14H2,1-6H3. The first-order valence-electron chi connectivity index (χ1n) is 9.14. The molecule has 0 heterocycles. The molecule has 3 heteroatoms. The lowest BCUT2D eigenvalue weighted by molar-refractivity contribution is -0.0673. The lowest BCUT2D eigenvalue weighted by Gasteiger charge is -2.39. The van der Waals surface area contributed by atoms with Gasteiger partial charge in [-0.3, -0.25) is 0 Å². The van der Waals surface area contributed by atoms with Gasteiger partial charge in [-0.15, -0.1) is 0 Å². The van der Waals surface area contributed by atoms with Crippen LogP contribution in [0.4, 0.5) is 0 Å². The Kier molecular flexibility index (Phi) is 8.96. The summed E-state index contributed by atoms with van der Waals surface area (Å²) in [5.41, 5.74) is -0.0490. The largest absolute Gasteiger partial charge is 0.379 e. The van der Waals surface area contributed by atoms with E-state index in [1.807, 2.05) is 0 Å². The van der Waals surface area contributed by atoms with Crippen molar-refractivity contribution in [2.24, 2.45) is 17.8 Å². The van der Waals surface area contributed by atoms with Crippen LogP contribution in [0.5, 0.6) is 0 Å². The van der Waals surface area contributed by atoms with Crippen LogP contribution in [0.3, 0.4) is 0 Å². The van der Waals surface area contributed by atoms with Crippen molar-refractivity contribution in [2.75, 3.05) is 26.4 Å². The molecule has 3 atom stereocenters. The molecule has 0 aromatic carbocycles. The fraction of sp³-hybridized carbons (Fsp3) is 1.00. The van der Waals surface area contributed by atoms with Crippen LogP contribution in [0, 0.1) is 17.8 Å². The maximum absolute atomic E-state index is 6.13. The highest BCUT2D eigenvalue weighted by atomic mass is 16.5. The van der Waals surface area contributed by atoms with Gasteiger partial charge in [0.05, 0.1) is 24.9 Å². The molecule has 0 spiro atoms. The predicted molar refractivity (Wildman–Crippen MR) is 92.2 cm³/mol. The molecule has 3 nitrogen and oxygen atoms in total. The van der Waals surface area contributed by atoms with Gasteiger partial charge >= 0.3 is 0 Å². The van der Waals surface area contributed by atoms with Gasteiger partial charge in [-0.05, 0) is 51.4 Å². The van der Waals surface area contributed by atoms with E-state index in [0.717, 1.165) is 32.2 Å². The summed E-state index contributed by atoms with van der Waals surface area (Å²) >= 11 is 0. The van der Waals surface area contributed by atoms with Gasteiger partial charge in [0, 0.05) is 13.2 Å². The van der Waals surface area contributed by atoms with Gasteiger partial charge in [0.25, 0.3) is 0 Å². The van der Waals surface area contributed by atoms with Gasteiger partial charge < -0.3 is 14.2 Å². The normalized spacial score (nSPS) is 26.6. The smallest absolute Gasteiger partial charge is 0.0704 e. The number of rotatable bonds is 9. The summed E-state index contributed by atoms with van der Waals surface area (Å²) in [5.74, 6) is 2.19. The van der Waals surface area contributed by atoms with Crippen LogP contribution in [0.2, 0.25) is 0 Å². The number of ether oxygens (including phenoxy) is 3. The van der Waals surface area contributed by atoms with E-state index in [-0.39, 0.29) is 5.60 Å². The van der Waals surface area contributed by atoms with Crippen molar-refractivity contribution in [3.05, 3.63) is 0 Å². The second-order valence-electron chi connectivity index (χ2n) is 8.07. The van der Waals surface area contributed by atoms with E-state index in [1.54, 1.807) is 0 Å². The van der Waals surface area contributed by atoms with E-state index >= 15 is 0 Å². The minimum atomic E-state index is -0.0490. The maximum atomic E-state index is 6.13. The van der Waals surface area contributed by atoms with Crippen LogP contribution in [0.25, 0.3) is 0 Å².